The fourth-order valence-electron chi connectivity index (χ4n) is 2.90. The second-order valence-corrected chi connectivity index (χ2v) is 9.14. The molecular formula is C18H20FN3O4S2. The molecule has 1 aromatic carbocycles. The molecule has 3 rings (SSSR count). The van der Waals surface area contributed by atoms with Crippen molar-refractivity contribution in [2.24, 2.45) is 0 Å². The Bertz CT molecular complexity index is 930. The van der Waals surface area contributed by atoms with E-state index in [0.29, 0.717) is 17.8 Å². The number of thiophene rings is 1. The highest BCUT2D eigenvalue weighted by atomic mass is 32.2. The zero-order chi connectivity index (χ0) is 20.1. The van der Waals surface area contributed by atoms with Crippen LogP contribution in [-0.2, 0) is 14.8 Å². The van der Waals surface area contributed by atoms with Crippen LogP contribution in [0.15, 0.2) is 46.7 Å². The van der Waals surface area contributed by atoms with Crippen molar-refractivity contribution in [2.75, 3.05) is 32.7 Å². The van der Waals surface area contributed by atoms with Crippen molar-refractivity contribution in [3.8, 4) is 0 Å². The lowest BCUT2D eigenvalue weighted by Gasteiger charge is -2.22. The van der Waals surface area contributed by atoms with Crippen LogP contribution in [0.2, 0.25) is 0 Å². The van der Waals surface area contributed by atoms with Crippen LogP contribution >= 0.6 is 11.3 Å². The van der Waals surface area contributed by atoms with Gasteiger partial charge in [-0.3, -0.25) is 9.59 Å². The van der Waals surface area contributed by atoms with E-state index in [1.54, 1.807) is 22.4 Å². The van der Waals surface area contributed by atoms with Gasteiger partial charge in [0.1, 0.15) is 5.82 Å². The van der Waals surface area contributed by atoms with Gasteiger partial charge in [-0.05, 0) is 42.1 Å². The number of sulfonamides is 1. The molecule has 150 valence electrons. The van der Waals surface area contributed by atoms with Gasteiger partial charge in [0.2, 0.25) is 15.9 Å². The highest BCUT2D eigenvalue weighted by molar-refractivity contribution is 7.89. The van der Waals surface area contributed by atoms with Crippen molar-refractivity contribution in [3.05, 3.63) is 52.5 Å². The number of nitrogens with one attached hydrogen (secondary N) is 1. The summed E-state index contributed by atoms with van der Waals surface area (Å²) >= 11 is 1.29. The third kappa shape index (κ3) is 4.75. The first-order chi connectivity index (χ1) is 13.4. The number of hydrogen-bond donors (Lipinski definition) is 1. The number of carbonyl (C=O) groups is 2. The summed E-state index contributed by atoms with van der Waals surface area (Å²) < 4.78 is 39.8. The summed E-state index contributed by atoms with van der Waals surface area (Å²) in [6.07, 6.45) is 0.477. The molecule has 1 fully saturated rings. The molecule has 0 spiro atoms. The van der Waals surface area contributed by atoms with Gasteiger partial charge >= 0.3 is 0 Å². The van der Waals surface area contributed by atoms with Gasteiger partial charge < -0.3 is 10.2 Å². The summed E-state index contributed by atoms with van der Waals surface area (Å²) in [6, 6.07) is 8.12. The zero-order valence-corrected chi connectivity index (χ0v) is 16.6. The number of hydrogen-bond acceptors (Lipinski definition) is 5. The Hall–Kier alpha value is -2.30. The van der Waals surface area contributed by atoms with Crippen molar-refractivity contribution in [3.63, 3.8) is 0 Å². The first-order valence-electron chi connectivity index (χ1n) is 8.73. The van der Waals surface area contributed by atoms with Crippen LogP contribution in [0.5, 0.6) is 0 Å². The molecule has 1 aliphatic heterocycles. The molecule has 0 unspecified atom stereocenters. The highest BCUT2D eigenvalue weighted by Gasteiger charge is 2.28. The second kappa shape index (κ2) is 8.80. The molecular weight excluding hydrogens is 405 g/mol. The number of halogens is 1. The van der Waals surface area contributed by atoms with Crippen molar-refractivity contribution < 1.29 is 22.4 Å². The largest absolute Gasteiger partial charge is 0.342 e. The maximum Gasteiger partial charge on any atom is 0.261 e. The summed E-state index contributed by atoms with van der Waals surface area (Å²) in [6.45, 7) is 0.911. The number of amides is 2. The maximum absolute atomic E-state index is 13.1. The Morgan fingerprint density at radius 3 is 2.50 bits per heavy atom. The Kier molecular flexibility index (Phi) is 6.42. The Morgan fingerprint density at radius 2 is 1.82 bits per heavy atom. The highest BCUT2D eigenvalue weighted by Crippen LogP contribution is 2.18. The maximum atomic E-state index is 13.1. The second-order valence-electron chi connectivity index (χ2n) is 6.25. The van der Waals surface area contributed by atoms with E-state index in [0.717, 1.165) is 12.1 Å². The predicted molar refractivity (Wildman–Crippen MR) is 103 cm³/mol. The van der Waals surface area contributed by atoms with Crippen LogP contribution in [0.25, 0.3) is 0 Å². The van der Waals surface area contributed by atoms with E-state index in [2.05, 4.69) is 5.32 Å². The molecule has 0 saturated carbocycles. The van der Waals surface area contributed by atoms with Gasteiger partial charge in [-0.25, -0.2) is 12.8 Å². The van der Waals surface area contributed by atoms with E-state index in [4.69, 9.17) is 0 Å². The SMILES string of the molecule is O=C(NCC(=O)N1CCCN(S(=O)(=O)c2ccc(F)cc2)CC1)c1cccs1. The lowest BCUT2D eigenvalue weighted by atomic mass is 10.3. The van der Waals surface area contributed by atoms with E-state index < -0.39 is 15.8 Å². The lowest BCUT2D eigenvalue weighted by Crippen LogP contribution is -2.42. The smallest absolute Gasteiger partial charge is 0.261 e. The number of nitrogens with zero attached hydrogens (tertiary/aromatic N) is 2. The van der Waals surface area contributed by atoms with E-state index in [1.165, 1.54) is 27.8 Å². The average Bonchev–Trinajstić information content (AvgIpc) is 3.10. The quantitative estimate of drug-likeness (QED) is 0.787. The standard InChI is InChI=1S/C18H20FN3O4S2/c19-14-4-6-15(7-5-14)28(25,26)22-9-2-8-21(10-11-22)17(23)13-20-18(24)16-3-1-12-27-16/h1,3-7,12H,2,8-11,13H2,(H,20,24). The number of carbonyl (C=O) groups excluding carboxylic acids is 2. The van der Waals surface area contributed by atoms with Gasteiger partial charge in [-0.2, -0.15) is 4.31 Å². The molecule has 1 aromatic heterocycles. The number of rotatable bonds is 5. The molecule has 0 radical (unpaired) electrons. The molecule has 1 N–H and O–H groups in total. The van der Waals surface area contributed by atoms with E-state index in [9.17, 15) is 22.4 Å². The monoisotopic (exact) mass is 425 g/mol. The summed E-state index contributed by atoms with van der Waals surface area (Å²) in [5.74, 6) is -1.07. The Morgan fingerprint density at radius 1 is 1.07 bits per heavy atom. The summed E-state index contributed by atoms with van der Waals surface area (Å²) in [7, 11) is -3.75. The van der Waals surface area contributed by atoms with Gasteiger partial charge in [0.15, 0.2) is 0 Å². The summed E-state index contributed by atoms with van der Waals surface area (Å²) in [5.41, 5.74) is 0. The van der Waals surface area contributed by atoms with Crippen LogP contribution in [0, 0.1) is 5.82 Å². The molecule has 0 aliphatic carbocycles. The van der Waals surface area contributed by atoms with Crippen molar-refractivity contribution in [1.29, 1.82) is 0 Å². The molecule has 2 amide bonds. The fourth-order valence-corrected chi connectivity index (χ4v) is 5.01. The fraction of sp³-hybridized carbons (Fsp3) is 0.333. The Labute approximate surface area is 166 Å². The molecule has 1 aliphatic rings. The summed E-state index contributed by atoms with van der Waals surface area (Å²) in [4.78, 5) is 26.4. The molecule has 28 heavy (non-hydrogen) atoms. The third-order valence-corrected chi connectivity index (χ3v) is 7.19. The van der Waals surface area contributed by atoms with E-state index in [-0.39, 0.29) is 42.9 Å². The lowest BCUT2D eigenvalue weighted by molar-refractivity contribution is -0.129. The molecule has 10 heteroatoms. The average molecular weight is 426 g/mol. The molecule has 0 atom stereocenters. The van der Waals surface area contributed by atoms with Crippen LogP contribution in [0.4, 0.5) is 4.39 Å². The van der Waals surface area contributed by atoms with E-state index in [1.807, 2.05) is 0 Å². The van der Waals surface area contributed by atoms with Crippen LogP contribution < -0.4 is 5.32 Å². The topological polar surface area (TPSA) is 86.8 Å². The minimum atomic E-state index is -3.75. The minimum Gasteiger partial charge on any atom is -0.342 e. The van der Waals surface area contributed by atoms with Crippen LogP contribution in [-0.4, -0.2) is 62.2 Å². The molecule has 1 saturated heterocycles. The first kappa shape index (κ1) is 20.4. The van der Waals surface area contributed by atoms with Crippen molar-refractivity contribution in [2.45, 2.75) is 11.3 Å². The molecule has 2 heterocycles. The van der Waals surface area contributed by atoms with Crippen LogP contribution in [0.3, 0.4) is 0 Å². The van der Waals surface area contributed by atoms with Crippen molar-refractivity contribution >= 4 is 33.2 Å². The molecule has 2 aromatic rings. The van der Waals surface area contributed by atoms with Crippen molar-refractivity contribution in [1.82, 2.24) is 14.5 Å². The molecule has 0 bridgehead atoms. The zero-order valence-electron chi connectivity index (χ0n) is 15.0. The predicted octanol–water partition coefficient (Wildman–Crippen LogP) is 1.54. The minimum absolute atomic E-state index is 0.0249. The summed E-state index contributed by atoms with van der Waals surface area (Å²) in [5, 5.41) is 4.37. The van der Waals surface area contributed by atoms with Gasteiger partial charge in [-0.15, -0.1) is 11.3 Å². The van der Waals surface area contributed by atoms with E-state index >= 15 is 0 Å². The molecule has 7 nitrogen and oxygen atoms in total. The van der Waals surface area contributed by atoms with Gasteiger partial charge in [0.05, 0.1) is 16.3 Å². The normalized spacial score (nSPS) is 15.8. The first-order valence-corrected chi connectivity index (χ1v) is 11.0. The number of benzene rings is 1. The van der Waals surface area contributed by atoms with Gasteiger partial charge in [-0.1, -0.05) is 6.07 Å². The van der Waals surface area contributed by atoms with Gasteiger partial charge in [0.25, 0.3) is 5.91 Å². The van der Waals surface area contributed by atoms with Crippen LogP contribution in [0.1, 0.15) is 16.1 Å². The third-order valence-electron chi connectivity index (χ3n) is 4.40. The Balaban J connectivity index is 1.57. The van der Waals surface area contributed by atoms with Gasteiger partial charge in [0, 0.05) is 26.2 Å².